The van der Waals surface area contributed by atoms with Crippen LogP contribution in [-0.2, 0) is 0 Å². The summed E-state index contributed by atoms with van der Waals surface area (Å²) >= 11 is 0. The van der Waals surface area contributed by atoms with Crippen LogP contribution in [0.3, 0.4) is 0 Å². The highest BCUT2D eigenvalue weighted by molar-refractivity contribution is 5.24. The van der Waals surface area contributed by atoms with Crippen molar-refractivity contribution in [3.63, 3.8) is 0 Å². The van der Waals surface area contributed by atoms with Crippen molar-refractivity contribution in [2.75, 3.05) is 0 Å². The van der Waals surface area contributed by atoms with E-state index in [0.717, 1.165) is 31.6 Å². The number of hydrogen-bond donors (Lipinski definition) is 1. The van der Waals surface area contributed by atoms with Gasteiger partial charge in [0.05, 0.1) is 0 Å². The molecule has 21 heavy (non-hydrogen) atoms. The lowest BCUT2D eigenvalue weighted by molar-refractivity contribution is -0.197. The van der Waals surface area contributed by atoms with Gasteiger partial charge in [0, 0.05) is 11.8 Å². The summed E-state index contributed by atoms with van der Waals surface area (Å²) in [6.07, 6.45) is 12.2. The first-order valence-electron chi connectivity index (χ1n) is 8.99. The Labute approximate surface area is 128 Å². The second-order valence-corrected chi connectivity index (χ2v) is 8.72. The van der Waals surface area contributed by atoms with E-state index in [4.69, 9.17) is 0 Å². The van der Waals surface area contributed by atoms with Crippen molar-refractivity contribution in [3.8, 4) is 0 Å². The van der Waals surface area contributed by atoms with E-state index in [9.17, 15) is 9.50 Å². The van der Waals surface area contributed by atoms with E-state index in [1.807, 2.05) is 6.92 Å². The van der Waals surface area contributed by atoms with Crippen molar-refractivity contribution in [3.05, 3.63) is 11.6 Å². The smallest absolute Gasteiger partial charge is 0.212 e. The molecule has 0 heterocycles. The predicted octanol–water partition coefficient (Wildman–Crippen LogP) is 5.00. The van der Waals surface area contributed by atoms with Crippen molar-refractivity contribution >= 4 is 0 Å². The summed E-state index contributed by atoms with van der Waals surface area (Å²) in [5.41, 5.74) is 1.58. The molecule has 0 radical (unpaired) electrons. The third kappa shape index (κ3) is 1.72. The Morgan fingerprint density at radius 3 is 2.67 bits per heavy atom. The highest BCUT2D eigenvalue weighted by Crippen LogP contribution is 2.67. The summed E-state index contributed by atoms with van der Waals surface area (Å²) in [6, 6.07) is 0. The van der Waals surface area contributed by atoms with E-state index in [1.54, 1.807) is 5.57 Å². The van der Waals surface area contributed by atoms with Crippen molar-refractivity contribution in [1.82, 2.24) is 0 Å². The maximum atomic E-state index is 14.7. The van der Waals surface area contributed by atoms with Gasteiger partial charge in [-0.25, -0.2) is 4.39 Å². The molecule has 4 aliphatic rings. The highest BCUT2D eigenvalue weighted by Gasteiger charge is 2.64. The number of hydrogen-bond acceptors (Lipinski definition) is 1. The van der Waals surface area contributed by atoms with E-state index in [-0.39, 0.29) is 0 Å². The van der Waals surface area contributed by atoms with Crippen molar-refractivity contribution < 1.29 is 9.50 Å². The van der Waals surface area contributed by atoms with Gasteiger partial charge in [0.1, 0.15) is 0 Å². The van der Waals surface area contributed by atoms with Gasteiger partial charge in [-0.05, 0) is 68.1 Å². The third-order valence-corrected chi connectivity index (χ3v) is 8.07. The first-order chi connectivity index (χ1) is 9.88. The van der Waals surface area contributed by atoms with Gasteiger partial charge in [0.2, 0.25) is 5.85 Å². The normalized spacial score (nSPS) is 56.2. The van der Waals surface area contributed by atoms with Crippen LogP contribution in [0.15, 0.2) is 11.6 Å². The lowest BCUT2D eigenvalue weighted by Gasteiger charge is -2.57. The largest absolute Gasteiger partial charge is 0.361 e. The van der Waals surface area contributed by atoms with E-state index in [0.29, 0.717) is 23.7 Å². The molecule has 118 valence electrons. The molecule has 0 spiro atoms. The van der Waals surface area contributed by atoms with Crippen molar-refractivity contribution in [2.45, 2.75) is 77.5 Å². The standard InChI is InChI=1S/C19H29FO/c1-17-10-4-3-5-13(17)6-7-14-15(17)8-11-18(2)16(14)9-12-19(18,20)21/h6,14-16,21H,3-5,7-12H2,1-2H3/t14-,15-,16+,17+,18+,19?/m1/s1. The fourth-order valence-corrected chi connectivity index (χ4v) is 6.66. The molecule has 1 nitrogen and oxygen atoms in total. The molecule has 4 rings (SSSR count). The zero-order valence-electron chi connectivity index (χ0n) is 13.5. The molecule has 0 aromatic rings. The Morgan fingerprint density at radius 1 is 1.10 bits per heavy atom. The Morgan fingerprint density at radius 2 is 1.86 bits per heavy atom. The Kier molecular flexibility index (Phi) is 2.94. The van der Waals surface area contributed by atoms with E-state index >= 15 is 0 Å². The zero-order chi connectivity index (χ0) is 14.9. The molecular weight excluding hydrogens is 263 g/mol. The van der Waals surface area contributed by atoms with Crippen LogP contribution in [0, 0.1) is 28.6 Å². The molecule has 6 atom stereocenters. The van der Waals surface area contributed by atoms with Gasteiger partial charge >= 0.3 is 0 Å². The maximum Gasteiger partial charge on any atom is 0.212 e. The van der Waals surface area contributed by atoms with Crippen LogP contribution in [0.1, 0.15) is 71.6 Å². The number of alkyl halides is 1. The Hall–Kier alpha value is -0.370. The highest BCUT2D eigenvalue weighted by atomic mass is 19.2. The molecule has 0 bridgehead atoms. The third-order valence-electron chi connectivity index (χ3n) is 8.07. The first-order valence-corrected chi connectivity index (χ1v) is 8.99. The van der Waals surface area contributed by atoms with Crippen LogP contribution in [0.5, 0.6) is 0 Å². The van der Waals surface area contributed by atoms with Crippen molar-refractivity contribution in [2.24, 2.45) is 28.6 Å². The van der Waals surface area contributed by atoms with Gasteiger partial charge in [-0.3, -0.25) is 0 Å². The van der Waals surface area contributed by atoms with E-state index in [1.165, 1.54) is 25.7 Å². The van der Waals surface area contributed by atoms with Gasteiger partial charge in [-0.2, -0.15) is 0 Å². The minimum atomic E-state index is -1.93. The van der Waals surface area contributed by atoms with Crippen LogP contribution < -0.4 is 0 Å². The van der Waals surface area contributed by atoms with Gasteiger partial charge in [-0.15, -0.1) is 0 Å². The van der Waals surface area contributed by atoms with Crippen LogP contribution in [0.2, 0.25) is 0 Å². The van der Waals surface area contributed by atoms with Gasteiger partial charge < -0.3 is 5.11 Å². The number of fused-ring (bicyclic) bond motifs is 5. The summed E-state index contributed by atoms with van der Waals surface area (Å²) in [5, 5.41) is 10.3. The quantitative estimate of drug-likeness (QED) is 0.623. The topological polar surface area (TPSA) is 20.2 Å². The number of halogens is 1. The average molecular weight is 292 g/mol. The van der Waals surface area contributed by atoms with Gasteiger partial charge in [-0.1, -0.05) is 31.9 Å². The first kappa shape index (κ1) is 14.2. The zero-order valence-corrected chi connectivity index (χ0v) is 13.5. The second-order valence-electron chi connectivity index (χ2n) is 8.72. The van der Waals surface area contributed by atoms with Crippen LogP contribution >= 0.6 is 0 Å². The van der Waals surface area contributed by atoms with Crippen LogP contribution in [0.4, 0.5) is 4.39 Å². The molecule has 0 aromatic heterocycles. The van der Waals surface area contributed by atoms with E-state index < -0.39 is 11.3 Å². The van der Waals surface area contributed by atoms with Crippen molar-refractivity contribution in [1.29, 1.82) is 0 Å². The molecular formula is C19H29FO. The monoisotopic (exact) mass is 292 g/mol. The molecule has 0 aromatic carbocycles. The van der Waals surface area contributed by atoms with Crippen LogP contribution in [0.25, 0.3) is 0 Å². The number of aliphatic hydroxyl groups is 1. The second kappa shape index (κ2) is 4.34. The molecule has 2 heteroatoms. The molecule has 1 unspecified atom stereocenters. The fourth-order valence-electron chi connectivity index (χ4n) is 6.66. The average Bonchev–Trinajstić information content (AvgIpc) is 2.69. The fraction of sp³-hybridized carbons (Fsp3) is 0.895. The molecule has 1 N–H and O–H groups in total. The van der Waals surface area contributed by atoms with Gasteiger partial charge in [0.15, 0.2) is 0 Å². The molecule has 4 aliphatic carbocycles. The predicted molar refractivity (Wildman–Crippen MR) is 82.4 cm³/mol. The number of rotatable bonds is 0. The number of allylic oxidation sites excluding steroid dienone is 2. The molecule has 0 aliphatic heterocycles. The summed E-state index contributed by atoms with van der Waals surface area (Å²) in [4.78, 5) is 0. The molecule has 3 fully saturated rings. The lowest BCUT2D eigenvalue weighted by Crippen LogP contribution is -2.52. The minimum absolute atomic E-state index is 0.352. The molecule has 0 amide bonds. The Balaban J connectivity index is 1.71. The summed E-state index contributed by atoms with van der Waals surface area (Å²) < 4.78 is 14.7. The van der Waals surface area contributed by atoms with Gasteiger partial charge in [0.25, 0.3) is 0 Å². The SMILES string of the molecule is C[C@]12CCCCC1=CC[C@@H]1[C@H]2CC[C@@]2(C)[C@H]1CCC2(O)F. The molecule has 3 saturated carbocycles. The summed E-state index contributed by atoms with van der Waals surface area (Å²) in [6.45, 7) is 4.50. The minimum Gasteiger partial charge on any atom is -0.361 e. The summed E-state index contributed by atoms with van der Waals surface area (Å²) in [7, 11) is 0. The Bertz CT molecular complexity index is 482. The lowest BCUT2D eigenvalue weighted by atomic mass is 9.48. The van der Waals surface area contributed by atoms with Crippen LogP contribution in [-0.4, -0.2) is 11.0 Å². The summed E-state index contributed by atoms with van der Waals surface area (Å²) in [5.74, 6) is -0.229. The maximum absolute atomic E-state index is 14.7. The van der Waals surface area contributed by atoms with E-state index in [2.05, 4.69) is 13.0 Å². The molecule has 0 saturated heterocycles.